The van der Waals surface area contributed by atoms with Crippen LogP contribution in [0.3, 0.4) is 0 Å². The number of fused-ring (bicyclic) bond motifs is 4. The summed E-state index contributed by atoms with van der Waals surface area (Å²) in [6.07, 6.45) is 4.42. The van der Waals surface area contributed by atoms with Crippen molar-refractivity contribution in [1.82, 2.24) is 29.6 Å². The van der Waals surface area contributed by atoms with Gasteiger partial charge in [-0.2, -0.15) is 10.1 Å². The van der Waals surface area contributed by atoms with Crippen LogP contribution in [0.2, 0.25) is 5.02 Å². The number of hydrogen-bond donors (Lipinski definition) is 3. The number of rotatable bonds is 3. The van der Waals surface area contributed by atoms with Gasteiger partial charge in [0.05, 0.1) is 28.0 Å². The molecule has 3 aromatic heterocycles. The number of benzene rings is 1. The minimum atomic E-state index is -1.02. The van der Waals surface area contributed by atoms with Crippen molar-refractivity contribution >= 4 is 45.6 Å². The first-order chi connectivity index (χ1) is 15.8. The summed E-state index contributed by atoms with van der Waals surface area (Å²) in [4.78, 5) is 34.7. The molecule has 1 aromatic carbocycles. The highest BCUT2D eigenvalue weighted by Crippen LogP contribution is 2.41. The Bertz CT molecular complexity index is 1500. The molecular formula is C22H22ClN7O3. The van der Waals surface area contributed by atoms with E-state index in [9.17, 15) is 14.7 Å². The number of aromatic nitrogens is 5. The van der Waals surface area contributed by atoms with Crippen LogP contribution in [-0.2, 0) is 14.1 Å². The molecule has 6 rings (SSSR count). The number of nitrogens with zero attached hydrogens (tertiary/aromatic N) is 5. The third-order valence-corrected chi connectivity index (χ3v) is 7.46. The third kappa shape index (κ3) is 2.86. The van der Waals surface area contributed by atoms with Gasteiger partial charge in [0, 0.05) is 49.5 Å². The molecule has 11 heteroatoms. The van der Waals surface area contributed by atoms with Gasteiger partial charge in [-0.1, -0.05) is 17.7 Å². The van der Waals surface area contributed by atoms with Gasteiger partial charge < -0.3 is 20.3 Å². The first-order valence-corrected chi connectivity index (χ1v) is 11.2. The lowest BCUT2D eigenvalue weighted by molar-refractivity contribution is 0.188. The van der Waals surface area contributed by atoms with Gasteiger partial charge >= 0.3 is 6.09 Å². The molecule has 2 aliphatic rings. The van der Waals surface area contributed by atoms with Gasteiger partial charge in [-0.05, 0) is 24.8 Å². The summed E-state index contributed by atoms with van der Waals surface area (Å²) in [6.45, 7) is 0.665. The van der Waals surface area contributed by atoms with E-state index in [1.807, 2.05) is 25.4 Å². The van der Waals surface area contributed by atoms with Gasteiger partial charge in [0.2, 0.25) is 5.95 Å². The second-order valence-corrected chi connectivity index (χ2v) is 9.27. The lowest BCUT2D eigenvalue weighted by Gasteiger charge is -2.29. The molecule has 3 atom stereocenters. The number of halogens is 1. The smallest absolute Gasteiger partial charge is 0.404 e. The van der Waals surface area contributed by atoms with Crippen molar-refractivity contribution in [3.63, 3.8) is 0 Å². The molecule has 1 aliphatic carbocycles. The van der Waals surface area contributed by atoms with E-state index in [1.54, 1.807) is 22.5 Å². The zero-order chi connectivity index (χ0) is 23.0. The van der Waals surface area contributed by atoms with Gasteiger partial charge in [-0.25, -0.2) is 4.79 Å². The van der Waals surface area contributed by atoms with Gasteiger partial charge in [0.15, 0.2) is 0 Å². The predicted molar refractivity (Wildman–Crippen MR) is 125 cm³/mol. The van der Waals surface area contributed by atoms with E-state index in [-0.39, 0.29) is 23.6 Å². The Balaban J connectivity index is 1.46. The molecule has 33 heavy (non-hydrogen) atoms. The van der Waals surface area contributed by atoms with Crippen LogP contribution < -0.4 is 15.8 Å². The fourth-order valence-corrected chi connectivity index (χ4v) is 5.90. The number of carbonyl (C=O) groups is 1. The van der Waals surface area contributed by atoms with Crippen LogP contribution in [0.4, 0.5) is 10.7 Å². The summed E-state index contributed by atoms with van der Waals surface area (Å²) in [6, 6.07) is 3.59. The van der Waals surface area contributed by atoms with Crippen LogP contribution in [0.1, 0.15) is 12.8 Å². The summed E-state index contributed by atoms with van der Waals surface area (Å²) in [5.41, 5.74) is 2.51. The van der Waals surface area contributed by atoms with E-state index >= 15 is 0 Å². The van der Waals surface area contributed by atoms with E-state index in [0.29, 0.717) is 34.1 Å². The summed E-state index contributed by atoms with van der Waals surface area (Å²) in [5, 5.41) is 18.1. The number of amides is 1. The number of hydrogen-bond acceptors (Lipinski definition) is 5. The maximum atomic E-state index is 13.5. The lowest BCUT2D eigenvalue weighted by Crippen LogP contribution is -2.44. The molecule has 0 radical (unpaired) electrons. The van der Waals surface area contributed by atoms with Crippen LogP contribution >= 0.6 is 11.6 Å². The van der Waals surface area contributed by atoms with Crippen molar-refractivity contribution in [2.75, 3.05) is 11.4 Å². The van der Waals surface area contributed by atoms with Crippen molar-refractivity contribution < 1.29 is 9.90 Å². The number of carboxylic acid groups (broad SMARTS) is 1. The number of aryl methyl sites for hydroxylation is 1. The van der Waals surface area contributed by atoms with Gasteiger partial charge in [0.25, 0.3) is 5.56 Å². The molecule has 10 nitrogen and oxygen atoms in total. The van der Waals surface area contributed by atoms with Crippen molar-refractivity contribution in [3.8, 4) is 11.1 Å². The Kier molecular flexibility index (Phi) is 4.25. The van der Waals surface area contributed by atoms with Crippen LogP contribution in [0.5, 0.6) is 0 Å². The molecule has 1 saturated carbocycles. The number of aromatic amines is 1. The Morgan fingerprint density at radius 3 is 2.88 bits per heavy atom. The number of piperidine rings is 1. The van der Waals surface area contributed by atoms with Gasteiger partial charge in [0.1, 0.15) is 5.65 Å². The molecule has 1 aliphatic heterocycles. The highest BCUT2D eigenvalue weighted by atomic mass is 35.5. The first-order valence-electron chi connectivity index (χ1n) is 10.8. The van der Waals surface area contributed by atoms with Crippen molar-refractivity contribution in [2.24, 2.45) is 20.0 Å². The van der Waals surface area contributed by atoms with Crippen molar-refractivity contribution in [1.29, 1.82) is 0 Å². The minimum Gasteiger partial charge on any atom is -0.465 e. The van der Waals surface area contributed by atoms with Gasteiger partial charge in [-0.15, -0.1) is 0 Å². The van der Waals surface area contributed by atoms with Gasteiger partial charge in [-0.3, -0.25) is 14.0 Å². The normalized spacial score (nSPS) is 22.0. The molecule has 2 fully saturated rings. The first kappa shape index (κ1) is 20.1. The molecule has 170 valence electrons. The van der Waals surface area contributed by atoms with Crippen LogP contribution in [0.15, 0.2) is 29.3 Å². The molecule has 3 N–H and O–H groups in total. The van der Waals surface area contributed by atoms with Crippen molar-refractivity contribution in [3.05, 3.63) is 39.9 Å². The minimum absolute atomic E-state index is 0.0153. The summed E-state index contributed by atoms with van der Waals surface area (Å²) >= 11 is 6.71. The fraction of sp³-hybridized carbons (Fsp3) is 0.364. The van der Waals surface area contributed by atoms with E-state index < -0.39 is 6.09 Å². The van der Waals surface area contributed by atoms with E-state index in [4.69, 9.17) is 16.6 Å². The monoisotopic (exact) mass is 467 g/mol. The summed E-state index contributed by atoms with van der Waals surface area (Å²) < 4.78 is 3.26. The Morgan fingerprint density at radius 2 is 2.09 bits per heavy atom. The fourth-order valence-electron chi connectivity index (χ4n) is 5.59. The summed E-state index contributed by atoms with van der Waals surface area (Å²) in [7, 11) is 3.54. The molecule has 4 aromatic rings. The molecule has 1 amide bonds. The zero-order valence-corrected chi connectivity index (χ0v) is 18.8. The molecule has 4 heterocycles. The second-order valence-electron chi connectivity index (χ2n) is 8.90. The highest BCUT2D eigenvalue weighted by molar-refractivity contribution is 6.38. The van der Waals surface area contributed by atoms with Crippen LogP contribution in [0, 0.1) is 5.92 Å². The Labute approximate surface area is 192 Å². The largest absolute Gasteiger partial charge is 0.465 e. The predicted octanol–water partition coefficient (Wildman–Crippen LogP) is 2.70. The maximum absolute atomic E-state index is 13.5. The Morgan fingerprint density at radius 1 is 1.27 bits per heavy atom. The standard InChI is InChI=1S/C22H22ClN7O3/c1-28-9-13-14(27-28)5-4-11(17(13)23)12-7-24-19-16(12)20(31)29(2)21(26-19)30-8-10-3-6-15(30)18(10)25-22(32)33/h4-5,7,9-10,15,18,24-25H,3,6,8H2,1-2H3,(H,32,33)/t10-,15-,18-/m1/s1. The highest BCUT2D eigenvalue weighted by Gasteiger charge is 2.48. The van der Waals surface area contributed by atoms with Crippen LogP contribution in [-0.4, -0.2) is 54.1 Å². The summed E-state index contributed by atoms with van der Waals surface area (Å²) in [5.74, 6) is 0.752. The molecular weight excluding hydrogens is 446 g/mol. The quantitative estimate of drug-likeness (QED) is 0.426. The zero-order valence-electron chi connectivity index (χ0n) is 18.0. The second kappa shape index (κ2) is 6.98. The van der Waals surface area contributed by atoms with E-state index in [2.05, 4.69) is 20.3 Å². The van der Waals surface area contributed by atoms with E-state index in [1.165, 1.54) is 0 Å². The average Bonchev–Trinajstić information content (AvgIpc) is 3.53. The third-order valence-electron chi connectivity index (χ3n) is 7.05. The molecule has 0 unspecified atom stereocenters. The molecule has 2 bridgehead atoms. The van der Waals surface area contributed by atoms with Crippen molar-refractivity contribution in [2.45, 2.75) is 24.9 Å². The van der Waals surface area contributed by atoms with Crippen LogP contribution in [0.25, 0.3) is 33.1 Å². The molecule has 1 saturated heterocycles. The number of nitrogens with one attached hydrogen (secondary N) is 2. The number of H-pyrrole nitrogens is 1. The maximum Gasteiger partial charge on any atom is 0.404 e. The number of anilines is 1. The van der Waals surface area contributed by atoms with E-state index in [0.717, 1.165) is 29.3 Å². The SMILES string of the molecule is Cn1cc2c(Cl)c(-c3c[nH]c4nc(N5C[C@H]6CC[C@@H]5[C@@H]6NC(=O)O)n(C)c(=O)c34)ccc2n1. The topological polar surface area (TPSA) is 121 Å². The molecule has 0 spiro atoms. The Hall–Kier alpha value is -3.53. The lowest BCUT2D eigenvalue weighted by atomic mass is 10.0. The average molecular weight is 468 g/mol.